The molecule has 0 bridgehead atoms. The first-order valence-electron chi connectivity index (χ1n) is 6.86. The zero-order valence-electron chi connectivity index (χ0n) is 10.9. The number of fused-ring (bicyclic) bond motifs is 7. The first-order chi connectivity index (χ1) is 10.2. The maximum atomic E-state index is 10.2. The molecule has 2 aromatic rings. The second-order valence-corrected chi connectivity index (χ2v) is 5.54. The van der Waals surface area contributed by atoms with Crippen LogP contribution in [-0.2, 0) is 4.74 Å². The molecule has 0 spiro atoms. The van der Waals surface area contributed by atoms with Crippen LogP contribution in [0.2, 0.25) is 0 Å². The zero-order chi connectivity index (χ0) is 14.1. The van der Waals surface area contributed by atoms with E-state index in [0.29, 0.717) is 11.5 Å². The van der Waals surface area contributed by atoms with Crippen molar-refractivity contribution in [2.45, 2.75) is 24.4 Å². The van der Waals surface area contributed by atoms with E-state index in [4.69, 9.17) is 14.2 Å². The van der Waals surface area contributed by atoms with Gasteiger partial charge in [-0.25, -0.2) is 0 Å². The molecule has 1 fully saturated rings. The normalized spacial score (nSPS) is 30.9. The number of ether oxygens (including phenoxy) is 3. The molecule has 21 heavy (non-hydrogen) atoms. The predicted octanol–water partition coefficient (Wildman–Crippen LogP) is 2.43. The van der Waals surface area contributed by atoms with Crippen molar-refractivity contribution in [3.63, 3.8) is 0 Å². The smallest absolute Gasteiger partial charge is 0.211 e. The van der Waals surface area contributed by atoms with Crippen LogP contribution in [0.1, 0.15) is 23.0 Å². The molecule has 4 atom stereocenters. The summed E-state index contributed by atoms with van der Waals surface area (Å²) in [6.45, 7) is 0. The van der Waals surface area contributed by atoms with Crippen molar-refractivity contribution in [1.82, 2.24) is 0 Å². The Morgan fingerprint density at radius 3 is 1.67 bits per heavy atom. The van der Waals surface area contributed by atoms with Gasteiger partial charge in [-0.15, -0.1) is 0 Å². The lowest BCUT2D eigenvalue weighted by Gasteiger charge is -2.15. The Morgan fingerprint density at radius 2 is 1.19 bits per heavy atom. The summed E-state index contributed by atoms with van der Waals surface area (Å²) in [7, 11) is 0. The summed E-state index contributed by atoms with van der Waals surface area (Å²) in [5, 5.41) is 20.4. The van der Waals surface area contributed by atoms with Crippen molar-refractivity contribution in [3.05, 3.63) is 47.5 Å². The number of aromatic hydroxyl groups is 2. The number of phenolic OH excluding ortho intramolecular Hbond substituents is 2. The zero-order valence-corrected chi connectivity index (χ0v) is 10.9. The van der Waals surface area contributed by atoms with Crippen molar-refractivity contribution in [2.24, 2.45) is 0 Å². The van der Waals surface area contributed by atoms with Crippen molar-refractivity contribution in [2.75, 3.05) is 0 Å². The summed E-state index contributed by atoms with van der Waals surface area (Å²) in [4.78, 5) is 0. The van der Waals surface area contributed by atoms with Gasteiger partial charge in [0, 0.05) is 11.1 Å². The molecule has 5 nitrogen and oxygen atoms in total. The number of benzene rings is 2. The highest BCUT2D eigenvalue weighted by molar-refractivity contribution is 5.57. The topological polar surface area (TPSA) is 68.2 Å². The summed E-state index contributed by atoms with van der Waals surface area (Å²) in [5.74, 6) is 1.28. The second kappa shape index (κ2) is 3.62. The predicted molar refractivity (Wildman–Crippen MR) is 71.6 cm³/mol. The Labute approximate surface area is 120 Å². The van der Waals surface area contributed by atoms with Crippen molar-refractivity contribution >= 4 is 0 Å². The molecule has 0 aromatic heterocycles. The molecule has 0 amide bonds. The largest absolute Gasteiger partial charge is 0.508 e. The highest BCUT2D eigenvalue weighted by Gasteiger charge is 2.58. The molecule has 0 unspecified atom stereocenters. The highest BCUT2D eigenvalue weighted by atomic mass is 16.8. The van der Waals surface area contributed by atoms with Crippen molar-refractivity contribution in [1.29, 1.82) is 0 Å². The first kappa shape index (κ1) is 11.3. The fourth-order valence-corrected chi connectivity index (χ4v) is 3.66. The lowest BCUT2D eigenvalue weighted by molar-refractivity contribution is -0.132. The van der Waals surface area contributed by atoms with Crippen LogP contribution in [0.3, 0.4) is 0 Å². The third-order valence-corrected chi connectivity index (χ3v) is 4.48. The van der Waals surface area contributed by atoms with Crippen LogP contribution >= 0.6 is 0 Å². The summed E-state index contributed by atoms with van der Waals surface area (Å²) in [5.41, 5.74) is 1.46. The van der Waals surface area contributed by atoms with Crippen molar-refractivity contribution < 1.29 is 24.4 Å². The van der Waals surface area contributed by atoms with E-state index in [1.54, 1.807) is 24.3 Å². The van der Waals surface area contributed by atoms with E-state index in [2.05, 4.69) is 0 Å². The van der Waals surface area contributed by atoms with Gasteiger partial charge in [0.15, 0.2) is 0 Å². The average Bonchev–Trinajstić information content (AvgIpc) is 3.05. The summed E-state index contributed by atoms with van der Waals surface area (Å²) in [6, 6.07) is 10.4. The minimum atomic E-state index is -0.490. The quantitative estimate of drug-likeness (QED) is 0.777. The molecule has 1 saturated heterocycles. The van der Waals surface area contributed by atoms with E-state index in [0.717, 1.165) is 11.1 Å². The lowest BCUT2D eigenvalue weighted by atomic mass is 9.83. The van der Waals surface area contributed by atoms with Crippen LogP contribution in [0.25, 0.3) is 0 Å². The molecule has 2 aromatic carbocycles. The number of hydrogen-bond donors (Lipinski definition) is 2. The Morgan fingerprint density at radius 1 is 0.714 bits per heavy atom. The van der Waals surface area contributed by atoms with Gasteiger partial charge in [0.25, 0.3) is 0 Å². The molecule has 0 radical (unpaired) electrons. The van der Waals surface area contributed by atoms with Gasteiger partial charge in [0.05, 0.1) is 11.8 Å². The van der Waals surface area contributed by atoms with Crippen LogP contribution in [-0.4, -0.2) is 22.8 Å². The maximum Gasteiger partial charge on any atom is 0.211 e. The minimum absolute atomic E-state index is 0.180. The molecule has 3 aliphatic rings. The third-order valence-electron chi connectivity index (χ3n) is 4.48. The van der Waals surface area contributed by atoms with Gasteiger partial charge < -0.3 is 24.4 Å². The van der Waals surface area contributed by atoms with Crippen LogP contribution in [0.5, 0.6) is 23.0 Å². The molecule has 3 heterocycles. The average molecular weight is 284 g/mol. The van der Waals surface area contributed by atoms with E-state index >= 15 is 0 Å². The number of phenols is 2. The number of hydrogen-bond acceptors (Lipinski definition) is 5. The number of rotatable bonds is 0. The van der Waals surface area contributed by atoms with Gasteiger partial charge >= 0.3 is 0 Å². The van der Waals surface area contributed by atoms with E-state index in [-0.39, 0.29) is 23.3 Å². The van der Waals surface area contributed by atoms with Gasteiger partial charge in [-0.2, -0.15) is 0 Å². The molecule has 2 N–H and O–H groups in total. The highest BCUT2D eigenvalue weighted by Crippen LogP contribution is 2.61. The van der Waals surface area contributed by atoms with E-state index in [1.165, 1.54) is 0 Å². The van der Waals surface area contributed by atoms with Gasteiger partial charge in [0.1, 0.15) is 23.0 Å². The monoisotopic (exact) mass is 284 g/mol. The first-order valence-corrected chi connectivity index (χ1v) is 6.86. The van der Waals surface area contributed by atoms with Crippen LogP contribution in [0.15, 0.2) is 36.4 Å². The van der Waals surface area contributed by atoms with Gasteiger partial charge in [-0.3, -0.25) is 0 Å². The van der Waals surface area contributed by atoms with Crippen LogP contribution in [0, 0.1) is 0 Å². The van der Waals surface area contributed by atoms with Crippen LogP contribution < -0.4 is 9.47 Å². The Bertz CT molecular complexity index is 693. The molecule has 5 heteroatoms. The molecular formula is C16H12O5. The summed E-state index contributed by atoms with van der Waals surface area (Å²) < 4.78 is 17.3. The maximum absolute atomic E-state index is 10.2. The molecular weight excluding hydrogens is 272 g/mol. The van der Waals surface area contributed by atoms with Gasteiger partial charge in [-0.05, 0) is 24.3 Å². The van der Waals surface area contributed by atoms with E-state index < -0.39 is 12.6 Å². The third kappa shape index (κ3) is 1.29. The van der Waals surface area contributed by atoms with E-state index in [9.17, 15) is 10.2 Å². The Balaban J connectivity index is 1.70. The second-order valence-electron chi connectivity index (χ2n) is 5.54. The SMILES string of the molecule is Oc1cccc2c1[C@H]1[C@@H](O2)O[C@@H]2Oc3cccc(O)c3[C@@H]21. The fourth-order valence-electron chi connectivity index (χ4n) is 3.66. The summed E-state index contributed by atoms with van der Waals surface area (Å²) >= 11 is 0. The molecule has 106 valence electrons. The minimum Gasteiger partial charge on any atom is -0.508 e. The van der Waals surface area contributed by atoms with Crippen LogP contribution in [0.4, 0.5) is 0 Å². The molecule has 0 aliphatic carbocycles. The molecule has 5 rings (SSSR count). The van der Waals surface area contributed by atoms with Gasteiger partial charge in [0.2, 0.25) is 12.6 Å². The van der Waals surface area contributed by atoms with Gasteiger partial charge in [-0.1, -0.05) is 12.1 Å². The molecule has 0 saturated carbocycles. The lowest BCUT2D eigenvalue weighted by Crippen LogP contribution is -2.19. The molecule has 3 aliphatic heterocycles. The Hall–Kier alpha value is -2.40. The Kier molecular flexibility index (Phi) is 1.94. The fraction of sp³-hybridized carbons (Fsp3) is 0.250. The standard InChI is InChI=1S/C16H12O5/c17-7-3-1-5-9-11(7)13-14-12-8(18)4-2-6-10(12)20-16(14)21-15(13)19-9/h1-6,13-18H/t13-,14-,15+,16+/m1/s1. The van der Waals surface area contributed by atoms with E-state index in [1.807, 2.05) is 12.1 Å². The summed E-state index contributed by atoms with van der Waals surface area (Å²) in [6.07, 6.45) is -0.980. The van der Waals surface area contributed by atoms with Crippen molar-refractivity contribution in [3.8, 4) is 23.0 Å².